The molecule has 0 fully saturated rings. The highest BCUT2D eigenvalue weighted by atomic mass is 32.1. The van der Waals surface area contributed by atoms with Crippen LogP contribution >= 0.6 is 11.3 Å². The molecular weight excluding hydrogens is 272 g/mol. The van der Waals surface area contributed by atoms with Crippen molar-refractivity contribution in [3.05, 3.63) is 11.1 Å². The summed E-state index contributed by atoms with van der Waals surface area (Å²) in [6.45, 7) is 10.3. The number of rotatable bonds is 7. The van der Waals surface area contributed by atoms with Gasteiger partial charge in [0, 0.05) is 18.5 Å². The lowest BCUT2D eigenvalue weighted by Gasteiger charge is -2.24. The van der Waals surface area contributed by atoms with Crippen molar-refractivity contribution < 1.29 is 9.53 Å². The zero-order valence-electron chi connectivity index (χ0n) is 13.4. The summed E-state index contributed by atoms with van der Waals surface area (Å²) in [5.41, 5.74) is 0.0889. The van der Waals surface area contributed by atoms with Crippen molar-refractivity contribution in [2.75, 3.05) is 18.6 Å². The first-order chi connectivity index (χ1) is 9.34. The normalized spacial score (nSPS) is 13.1. The fraction of sp³-hybridized carbons (Fsp3) is 0.733. The van der Waals surface area contributed by atoms with Crippen molar-refractivity contribution in [3.63, 3.8) is 0 Å². The van der Waals surface area contributed by atoms with Crippen LogP contribution in [0.15, 0.2) is 5.38 Å². The second-order valence-corrected chi connectivity index (χ2v) is 6.45. The molecule has 0 radical (unpaired) electrons. The standard InChI is InChI=1S/C15H26N2O2S/c1-7-9-11(3)17(6)14-16-12(10-20-14)15(4,5)13(18)19-8-2/h10-11H,7-9H2,1-6H3. The fourth-order valence-corrected chi connectivity index (χ4v) is 2.99. The van der Waals surface area contributed by atoms with Crippen LogP contribution in [0.2, 0.25) is 0 Å². The van der Waals surface area contributed by atoms with E-state index in [9.17, 15) is 4.79 Å². The zero-order valence-corrected chi connectivity index (χ0v) is 14.2. The summed E-state index contributed by atoms with van der Waals surface area (Å²) in [4.78, 5) is 18.8. The maximum Gasteiger partial charge on any atom is 0.317 e. The molecule has 4 nitrogen and oxygen atoms in total. The SMILES string of the molecule is CCCC(C)N(C)c1nc(C(C)(C)C(=O)OCC)cs1. The van der Waals surface area contributed by atoms with Gasteiger partial charge in [0.25, 0.3) is 0 Å². The summed E-state index contributed by atoms with van der Waals surface area (Å²) in [6.07, 6.45) is 2.28. The molecule has 1 aromatic heterocycles. The van der Waals surface area contributed by atoms with Gasteiger partial charge >= 0.3 is 5.97 Å². The smallest absolute Gasteiger partial charge is 0.317 e. The van der Waals surface area contributed by atoms with Crippen molar-refractivity contribution in [1.82, 2.24) is 4.98 Å². The zero-order chi connectivity index (χ0) is 15.3. The molecule has 0 aliphatic rings. The maximum absolute atomic E-state index is 12.0. The molecule has 0 N–H and O–H groups in total. The Labute approximate surface area is 126 Å². The Morgan fingerprint density at radius 1 is 1.50 bits per heavy atom. The Bertz CT molecular complexity index is 443. The van der Waals surface area contributed by atoms with Crippen LogP contribution < -0.4 is 4.90 Å². The average Bonchev–Trinajstić information content (AvgIpc) is 2.88. The summed E-state index contributed by atoms with van der Waals surface area (Å²) >= 11 is 1.58. The molecule has 1 unspecified atom stereocenters. The third-order valence-corrected chi connectivity index (χ3v) is 4.52. The molecule has 1 heterocycles. The van der Waals surface area contributed by atoms with E-state index in [2.05, 4.69) is 30.8 Å². The van der Waals surface area contributed by atoms with E-state index in [-0.39, 0.29) is 5.97 Å². The van der Waals surface area contributed by atoms with Gasteiger partial charge in [-0.3, -0.25) is 4.79 Å². The van der Waals surface area contributed by atoms with Crippen molar-refractivity contribution >= 4 is 22.4 Å². The van der Waals surface area contributed by atoms with Gasteiger partial charge < -0.3 is 9.64 Å². The highest BCUT2D eigenvalue weighted by Crippen LogP contribution is 2.30. The summed E-state index contributed by atoms with van der Waals surface area (Å²) < 4.78 is 5.13. The van der Waals surface area contributed by atoms with Crippen molar-refractivity contribution in [2.45, 2.75) is 58.9 Å². The molecule has 20 heavy (non-hydrogen) atoms. The summed E-state index contributed by atoms with van der Waals surface area (Å²) in [6, 6.07) is 0.449. The highest BCUT2D eigenvalue weighted by Gasteiger charge is 2.34. The summed E-state index contributed by atoms with van der Waals surface area (Å²) in [5, 5.41) is 2.92. The van der Waals surface area contributed by atoms with E-state index in [1.165, 1.54) is 0 Å². The van der Waals surface area contributed by atoms with Gasteiger partial charge in [-0.1, -0.05) is 13.3 Å². The molecule has 0 spiro atoms. The average molecular weight is 298 g/mol. The number of carbonyl (C=O) groups is 1. The monoisotopic (exact) mass is 298 g/mol. The van der Waals surface area contributed by atoms with Crippen LogP contribution in [0, 0.1) is 0 Å². The van der Waals surface area contributed by atoms with E-state index in [4.69, 9.17) is 4.74 Å². The van der Waals surface area contributed by atoms with Crippen LogP contribution in [0.1, 0.15) is 53.2 Å². The second kappa shape index (κ2) is 7.07. The Balaban J connectivity index is 2.88. The molecule has 0 amide bonds. The molecule has 0 saturated heterocycles. The van der Waals surface area contributed by atoms with Crippen molar-refractivity contribution in [3.8, 4) is 0 Å². The number of ether oxygens (including phenoxy) is 1. The minimum Gasteiger partial charge on any atom is -0.465 e. The second-order valence-electron chi connectivity index (χ2n) is 5.61. The van der Waals surface area contributed by atoms with Crippen molar-refractivity contribution in [1.29, 1.82) is 0 Å². The minimum atomic E-state index is -0.695. The van der Waals surface area contributed by atoms with E-state index in [0.29, 0.717) is 12.6 Å². The van der Waals surface area contributed by atoms with Crippen LogP contribution in [0.3, 0.4) is 0 Å². The van der Waals surface area contributed by atoms with Gasteiger partial charge in [-0.25, -0.2) is 4.98 Å². The van der Waals surface area contributed by atoms with Crippen LogP contribution in [0.25, 0.3) is 0 Å². The molecule has 5 heteroatoms. The van der Waals surface area contributed by atoms with Crippen molar-refractivity contribution in [2.24, 2.45) is 0 Å². The third kappa shape index (κ3) is 3.72. The lowest BCUT2D eigenvalue weighted by Crippen LogP contribution is -2.32. The molecule has 0 aromatic carbocycles. The first-order valence-electron chi connectivity index (χ1n) is 7.20. The molecule has 0 saturated carbocycles. The topological polar surface area (TPSA) is 42.4 Å². The molecule has 0 aliphatic carbocycles. The van der Waals surface area contributed by atoms with Gasteiger partial charge in [0.05, 0.1) is 12.3 Å². The molecule has 114 valence electrons. The van der Waals surface area contributed by atoms with Gasteiger partial charge in [-0.2, -0.15) is 0 Å². The van der Waals surface area contributed by atoms with Crippen LogP contribution in [-0.4, -0.2) is 30.6 Å². The Morgan fingerprint density at radius 2 is 2.15 bits per heavy atom. The predicted octanol–water partition coefficient (Wildman–Crippen LogP) is 3.61. The predicted molar refractivity (Wildman–Crippen MR) is 84.5 cm³/mol. The van der Waals surface area contributed by atoms with E-state index in [1.54, 1.807) is 11.3 Å². The molecule has 0 aliphatic heterocycles. The third-order valence-electron chi connectivity index (χ3n) is 3.59. The van der Waals surface area contributed by atoms with Gasteiger partial charge in [0.15, 0.2) is 5.13 Å². The van der Waals surface area contributed by atoms with E-state index in [1.807, 2.05) is 26.2 Å². The first-order valence-corrected chi connectivity index (χ1v) is 8.08. The molecule has 0 bridgehead atoms. The van der Waals surface area contributed by atoms with Crippen LogP contribution in [-0.2, 0) is 14.9 Å². The fourth-order valence-electron chi connectivity index (χ4n) is 1.93. The Morgan fingerprint density at radius 3 is 2.70 bits per heavy atom. The summed E-state index contributed by atoms with van der Waals surface area (Å²) in [7, 11) is 2.06. The summed E-state index contributed by atoms with van der Waals surface area (Å²) in [5.74, 6) is -0.221. The van der Waals surface area contributed by atoms with Crippen LogP contribution in [0.5, 0.6) is 0 Å². The largest absolute Gasteiger partial charge is 0.465 e. The lowest BCUT2D eigenvalue weighted by molar-refractivity contribution is -0.148. The van der Waals surface area contributed by atoms with E-state index < -0.39 is 5.41 Å². The Kier molecular flexibility index (Phi) is 5.99. The van der Waals surface area contributed by atoms with E-state index in [0.717, 1.165) is 23.7 Å². The molecule has 1 atom stereocenters. The van der Waals surface area contributed by atoms with Gasteiger partial charge in [-0.05, 0) is 34.1 Å². The first kappa shape index (κ1) is 17.0. The van der Waals surface area contributed by atoms with Crippen LogP contribution in [0.4, 0.5) is 5.13 Å². The number of hydrogen-bond donors (Lipinski definition) is 0. The molecule has 1 rings (SSSR count). The van der Waals surface area contributed by atoms with Gasteiger partial charge in [-0.15, -0.1) is 11.3 Å². The lowest BCUT2D eigenvalue weighted by atomic mass is 9.90. The number of thiazole rings is 1. The molecular formula is C15H26N2O2S. The number of esters is 1. The molecule has 1 aromatic rings. The number of hydrogen-bond acceptors (Lipinski definition) is 5. The number of nitrogens with zero attached hydrogens (tertiary/aromatic N) is 2. The highest BCUT2D eigenvalue weighted by molar-refractivity contribution is 7.13. The quantitative estimate of drug-likeness (QED) is 0.721. The number of carbonyl (C=O) groups excluding carboxylic acids is 1. The number of anilines is 1. The maximum atomic E-state index is 12.0. The number of aromatic nitrogens is 1. The minimum absolute atomic E-state index is 0.221. The van der Waals surface area contributed by atoms with Gasteiger partial charge in [0.2, 0.25) is 0 Å². The van der Waals surface area contributed by atoms with Gasteiger partial charge in [0.1, 0.15) is 5.41 Å². The van der Waals surface area contributed by atoms with E-state index >= 15 is 0 Å². The Hall–Kier alpha value is -1.10.